The molecule has 1 saturated carbocycles. The number of fused-ring (bicyclic) bond motifs is 10. The third kappa shape index (κ3) is 5.81. The number of benzene rings is 7. The number of anilines is 8. The van der Waals surface area contributed by atoms with Gasteiger partial charge in [0.1, 0.15) is 0 Å². The van der Waals surface area contributed by atoms with Gasteiger partial charge in [0.15, 0.2) is 0 Å². The van der Waals surface area contributed by atoms with E-state index in [0.717, 1.165) is 0 Å². The molecule has 1 fully saturated rings. The van der Waals surface area contributed by atoms with Crippen LogP contribution in [0.2, 0.25) is 0 Å². The molecule has 0 spiro atoms. The van der Waals surface area contributed by atoms with Crippen LogP contribution in [0.4, 0.5) is 45.5 Å². The first-order valence-corrected chi connectivity index (χ1v) is 25.2. The van der Waals surface area contributed by atoms with E-state index in [1.165, 1.54) is 136 Å². The van der Waals surface area contributed by atoms with Gasteiger partial charge < -0.3 is 14.7 Å². The van der Waals surface area contributed by atoms with Crippen molar-refractivity contribution in [1.82, 2.24) is 0 Å². The van der Waals surface area contributed by atoms with Gasteiger partial charge in [0.25, 0.3) is 6.71 Å². The molecule has 330 valence electrons. The fourth-order valence-corrected chi connectivity index (χ4v) is 14.2. The molecule has 66 heavy (non-hydrogen) atoms. The van der Waals surface area contributed by atoms with Crippen molar-refractivity contribution < 1.29 is 0 Å². The Morgan fingerprint density at radius 1 is 0.530 bits per heavy atom. The molecule has 0 radical (unpaired) electrons. The molecular formula is C61H62BN3S. The summed E-state index contributed by atoms with van der Waals surface area (Å²) in [6, 6.07) is 50.3. The van der Waals surface area contributed by atoms with E-state index in [-0.39, 0.29) is 28.5 Å². The Bertz CT molecular complexity index is 3330. The van der Waals surface area contributed by atoms with Gasteiger partial charge in [0.2, 0.25) is 0 Å². The smallest absolute Gasteiger partial charge is 0.252 e. The maximum Gasteiger partial charge on any atom is 0.252 e. The molecule has 4 aliphatic rings. The highest BCUT2D eigenvalue weighted by molar-refractivity contribution is 7.26. The third-order valence-electron chi connectivity index (χ3n) is 16.5. The summed E-state index contributed by atoms with van der Waals surface area (Å²) in [5.41, 5.74) is 22.6. The van der Waals surface area contributed by atoms with Crippen LogP contribution in [0.5, 0.6) is 0 Å². The zero-order valence-electron chi connectivity index (χ0n) is 40.8. The van der Waals surface area contributed by atoms with Crippen molar-refractivity contribution in [3.05, 3.63) is 161 Å². The van der Waals surface area contributed by atoms with Gasteiger partial charge in [-0.1, -0.05) is 122 Å². The Morgan fingerprint density at radius 2 is 1.18 bits per heavy atom. The summed E-state index contributed by atoms with van der Waals surface area (Å²) in [6.07, 6.45) is 4.90. The van der Waals surface area contributed by atoms with Gasteiger partial charge in [-0.25, -0.2) is 0 Å². The van der Waals surface area contributed by atoms with Gasteiger partial charge in [-0.3, -0.25) is 0 Å². The van der Waals surface area contributed by atoms with E-state index in [1.807, 2.05) is 11.3 Å². The van der Waals surface area contributed by atoms with E-state index in [1.54, 1.807) is 5.56 Å². The molecule has 5 heteroatoms. The Balaban J connectivity index is 1.18. The topological polar surface area (TPSA) is 9.72 Å². The monoisotopic (exact) mass is 879 g/mol. The van der Waals surface area contributed by atoms with Crippen molar-refractivity contribution in [2.24, 2.45) is 0 Å². The predicted molar refractivity (Wildman–Crippen MR) is 288 cm³/mol. The predicted octanol–water partition coefficient (Wildman–Crippen LogP) is 15.4. The maximum atomic E-state index is 2.80. The zero-order valence-corrected chi connectivity index (χ0v) is 41.6. The molecule has 1 aromatic heterocycles. The quantitative estimate of drug-likeness (QED) is 0.164. The van der Waals surface area contributed by atoms with Crippen molar-refractivity contribution in [2.75, 3.05) is 14.7 Å². The second kappa shape index (κ2) is 14.1. The molecule has 2 unspecified atom stereocenters. The van der Waals surface area contributed by atoms with E-state index in [4.69, 9.17) is 0 Å². The Hall–Kier alpha value is -5.78. The summed E-state index contributed by atoms with van der Waals surface area (Å²) in [5.74, 6) is 0. The van der Waals surface area contributed by atoms with Crippen LogP contribution in [0.3, 0.4) is 0 Å². The maximum absolute atomic E-state index is 2.80. The Kier molecular flexibility index (Phi) is 8.91. The summed E-state index contributed by atoms with van der Waals surface area (Å²) in [6.45, 7) is 26.1. The van der Waals surface area contributed by atoms with Crippen molar-refractivity contribution in [2.45, 2.75) is 124 Å². The second-order valence-corrected chi connectivity index (χ2v) is 23.8. The lowest BCUT2D eigenvalue weighted by molar-refractivity contribution is 0.194. The van der Waals surface area contributed by atoms with Gasteiger partial charge in [0.05, 0.1) is 11.2 Å². The lowest BCUT2D eigenvalue weighted by atomic mass is 9.33. The van der Waals surface area contributed by atoms with Gasteiger partial charge in [0, 0.05) is 65.4 Å². The van der Waals surface area contributed by atoms with Gasteiger partial charge in [-0.05, 0) is 168 Å². The van der Waals surface area contributed by atoms with Crippen molar-refractivity contribution >= 4 is 100 Å². The number of aryl methyl sites for hydroxylation is 3. The summed E-state index contributed by atoms with van der Waals surface area (Å²) < 4.78 is 2.65. The first-order valence-electron chi connectivity index (χ1n) is 24.4. The highest BCUT2D eigenvalue weighted by atomic mass is 32.1. The highest BCUT2D eigenvalue weighted by Gasteiger charge is 2.58. The molecular weight excluding hydrogens is 818 g/mol. The zero-order chi connectivity index (χ0) is 45.8. The van der Waals surface area contributed by atoms with Crippen LogP contribution in [-0.4, -0.2) is 12.3 Å². The molecule has 0 N–H and O–H groups in total. The molecule has 7 aromatic carbocycles. The van der Waals surface area contributed by atoms with Crippen molar-refractivity contribution in [3.63, 3.8) is 0 Å². The van der Waals surface area contributed by atoms with Gasteiger partial charge >= 0.3 is 0 Å². The number of thiophene rings is 1. The Labute approximate surface area is 397 Å². The van der Waals surface area contributed by atoms with E-state index in [0.29, 0.717) is 0 Å². The average Bonchev–Trinajstić information content (AvgIpc) is 3.75. The molecule has 1 aliphatic carbocycles. The minimum atomic E-state index is -0.0623. The summed E-state index contributed by atoms with van der Waals surface area (Å²) in [4.78, 5) is 8.06. The second-order valence-electron chi connectivity index (χ2n) is 22.8. The van der Waals surface area contributed by atoms with Crippen LogP contribution < -0.4 is 31.1 Å². The van der Waals surface area contributed by atoms with Crippen LogP contribution in [0.1, 0.15) is 114 Å². The molecule has 12 rings (SSSR count). The normalized spacial score (nSPS) is 19.8. The van der Waals surface area contributed by atoms with Crippen molar-refractivity contribution in [1.29, 1.82) is 0 Å². The van der Waals surface area contributed by atoms with Crippen LogP contribution >= 0.6 is 11.3 Å². The highest BCUT2D eigenvalue weighted by Crippen LogP contribution is 2.62. The summed E-state index contributed by atoms with van der Waals surface area (Å²) in [5, 5.41) is 2.65. The molecule has 2 atom stereocenters. The van der Waals surface area contributed by atoms with Crippen LogP contribution in [0.15, 0.2) is 127 Å². The fourth-order valence-electron chi connectivity index (χ4n) is 13.1. The third-order valence-corrected chi connectivity index (χ3v) is 17.6. The molecule has 4 heterocycles. The average molecular weight is 880 g/mol. The van der Waals surface area contributed by atoms with Crippen LogP contribution in [-0.2, 0) is 16.2 Å². The van der Waals surface area contributed by atoms with E-state index < -0.39 is 0 Å². The number of rotatable bonds is 3. The Morgan fingerprint density at radius 3 is 1.94 bits per heavy atom. The first-order chi connectivity index (χ1) is 31.5. The van der Waals surface area contributed by atoms with E-state index >= 15 is 0 Å². The molecule has 0 saturated heterocycles. The minimum Gasteiger partial charge on any atom is -0.334 e. The lowest BCUT2D eigenvalue weighted by Gasteiger charge is -2.51. The molecule has 3 nitrogen and oxygen atoms in total. The van der Waals surface area contributed by atoms with E-state index in [2.05, 4.69) is 218 Å². The minimum absolute atomic E-state index is 0.0187. The molecule has 0 bridgehead atoms. The molecule has 3 aliphatic heterocycles. The SMILES string of the molecule is Cc1cc2c3c(c1)N(c1cccc4sc5ccccc5c14)c1cc(N4c5cc(C)cc(C)c5C5(C)CCCCC45C)ccc1B3c1cc(C(C)(C)C)ccc1N2c1ccc(C(C)(C)C)cc1. The molecule has 0 amide bonds. The fraction of sp³-hybridized carbons (Fsp3) is 0.311. The number of hydrogen-bond acceptors (Lipinski definition) is 4. The largest absolute Gasteiger partial charge is 0.334 e. The van der Waals surface area contributed by atoms with Gasteiger partial charge in [-0.15, -0.1) is 11.3 Å². The lowest BCUT2D eigenvalue weighted by Crippen LogP contribution is -2.61. The van der Waals surface area contributed by atoms with Gasteiger partial charge in [-0.2, -0.15) is 0 Å². The molecule has 8 aromatic rings. The summed E-state index contributed by atoms with van der Waals surface area (Å²) in [7, 11) is 0. The van der Waals surface area contributed by atoms with E-state index in [9.17, 15) is 0 Å². The van der Waals surface area contributed by atoms with Crippen LogP contribution in [0, 0.1) is 20.8 Å². The van der Waals surface area contributed by atoms with Crippen LogP contribution in [0.25, 0.3) is 20.2 Å². The summed E-state index contributed by atoms with van der Waals surface area (Å²) >= 11 is 1.91. The standard InChI is InChI=1S/C61H62BN3S/c1-37-31-39(3)56-50(32-37)65(61(11)30-15-14-29-60(56,61)10)43-26-27-45-49(36-43)64(48-18-16-20-54-55(48)44-17-12-13-19-53(44)66-54)52-34-38(2)33-51-57(52)62(45)46-35-41(59(7,8)9)23-28-47(46)63(51)42-24-21-40(22-25-42)58(4,5)6/h12-13,16-28,31-36H,14-15,29-30H2,1-11H3. The number of hydrogen-bond donors (Lipinski definition) is 0. The first kappa shape index (κ1) is 41.6. The van der Waals surface area contributed by atoms with Crippen molar-refractivity contribution in [3.8, 4) is 0 Å². The number of nitrogens with zero attached hydrogens (tertiary/aromatic N) is 3.